The van der Waals surface area contributed by atoms with Gasteiger partial charge in [0.1, 0.15) is 0 Å². The molecule has 1 atom stereocenters. The number of ether oxygens (including phenoxy) is 3. The van der Waals surface area contributed by atoms with E-state index in [0.717, 1.165) is 5.56 Å². The topological polar surface area (TPSA) is 65.0 Å². The zero-order valence-electron chi connectivity index (χ0n) is 8.80. The van der Waals surface area contributed by atoms with Gasteiger partial charge in [-0.25, -0.2) is 4.79 Å². The third-order valence-corrected chi connectivity index (χ3v) is 2.34. The van der Waals surface area contributed by atoms with Crippen LogP contribution < -0.4 is 9.47 Å². The van der Waals surface area contributed by atoms with Crippen LogP contribution in [-0.4, -0.2) is 31.1 Å². The van der Waals surface area contributed by atoms with Gasteiger partial charge < -0.3 is 19.3 Å². The number of benzene rings is 1. The van der Waals surface area contributed by atoms with Crippen LogP contribution in [0.2, 0.25) is 0 Å². The lowest BCUT2D eigenvalue weighted by Crippen LogP contribution is -2.24. The molecule has 86 valence electrons. The number of aliphatic hydroxyl groups excluding tert-OH is 1. The Balaban J connectivity index is 2.08. The van der Waals surface area contributed by atoms with Gasteiger partial charge in [0.25, 0.3) is 0 Å². The Morgan fingerprint density at radius 3 is 3.00 bits per heavy atom. The summed E-state index contributed by atoms with van der Waals surface area (Å²) in [5.41, 5.74) is 0.794. The predicted molar refractivity (Wildman–Crippen MR) is 54.3 cm³/mol. The van der Waals surface area contributed by atoms with Gasteiger partial charge in [-0.15, -0.1) is 0 Å². The Labute approximate surface area is 92.5 Å². The summed E-state index contributed by atoms with van der Waals surface area (Å²) < 4.78 is 14.8. The first-order chi connectivity index (χ1) is 7.70. The number of carbonyl (C=O) groups excluding carboxylic acids is 1. The molecular formula is C11H12O5. The SMILES string of the molecule is COC(=O)[C@H](O)Cc1ccc2c(c1)OCO2. The van der Waals surface area contributed by atoms with Crippen molar-refractivity contribution in [2.75, 3.05) is 13.9 Å². The Hall–Kier alpha value is -1.75. The van der Waals surface area contributed by atoms with Gasteiger partial charge in [-0.3, -0.25) is 0 Å². The average molecular weight is 224 g/mol. The molecule has 0 aliphatic carbocycles. The van der Waals surface area contributed by atoms with Gasteiger partial charge in [-0.1, -0.05) is 6.07 Å². The predicted octanol–water partition coefficient (Wildman–Crippen LogP) is 0.492. The molecule has 1 aliphatic heterocycles. The highest BCUT2D eigenvalue weighted by Crippen LogP contribution is 2.32. The highest BCUT2D eigenvalue weighted by atomic mass is 16.7. The number of carbonyl (C=O) groups is 1. The molecule has 1 heterocycles. The summed E-state index contributed by atoms with van der Waals surface area (Å²) in [5, 5.41) is 9.47. The van der Waals surface area contributed by atoms with Crippen molar-refractivity contribution in [3.8, 4) is 11.5 Å². The van der Waals surface area contributed by atoms with E-state index in [1.165, 1.54) is 7.11 Å². The lowest BCUT2D eigenvalue weighted by Gasteiger charge is -2.08. The quantitative estimate of drug-likeness (QED) is 0.757. The number of hydrogen-bond acceptors (Lipinski definition) is 5. The van der Waals surface area contributed by atoms with Crippen molar-refractivity contribution < 1.29 is 24.1 Å². The van der Waals surface area contributed by atoms with Crippen molar-refractivity contribution >= 4 is 5.97 Å². The van der Waals surface area contributed by atoms with E-state index in [4.69, 9.17) is 9.47 Å². The van der Waals surface area contributed by atoms with Crippen LogP contribution in [0.25, 0.3) is 0 Å². The maximum atomic E-state index is 11.0. The van der Waals surface area contributed by atoms with E-state index in [0.29, 0.717) is 11.5 Å². The van der Waals surface area contributed by atoms with Crippen LogP contribution in [0, 0.1) is 0 Å². The summed E-state index contributed by atoms with van der Waals surface area (Å²) in [7, 11) is 1.24. The first-order valence-electron chi connectivity index (χ1n) is 4.85. The maximum Gasteiger partial charge on any atom is 0.335 e. The zero-order chi connectivity index (χ0) is 11.5. The van der Waals surface area contributed by atoms with Crippen molar-refractivity contribution in [2.24, 2.45) is 0 Å². The molecule has 0 unspecified atom stereocenters. The minimum Gasteiger partial charge on any atom is -0.467 e. The Kier molecular flexibility index (Phi) is 2.96. The number of esters is 1. The number of rotatable bonds is 3. The fourth-order valence-corrected chi connectivity index (χ4v) is 1.51. The Bertz CT molecular complexity index is 401. The lowest BCUT2D eigenvalue weighted by atomic mass is 10.1. The molecule has 1 aliphatic rings. The maximum absolute atomic E-state index is 11.0. The molecule has 2 rings (SSSR count). The number of aliphatic hydroxyl groups is 1. The van der Waals surface area contributed by atoms with Crippen molar-refractivity contribution in [2.45, 2.75) is 12.5 Å². The minimum atomic E-state index is -1.15. The van der Waals surface area contributed by atoms with Crippen molar-refractivity contribution in [3.63, 3.8) is 0 Å². The zero-order valence-corrected chi connectivity index (χ0v) is 8.80. The summed E-state index contributed by atoms with van der Waals surface area (Å²) in [6, 6.07) is 5.27. The van der Waals surface area contributed by atoms with Crippen molar-refractivity contribution in [1.82, 2.24) is 0 Å². The summed E-state index contributed by atoms with van der Waals surface area (Å²) in [6.07, 6.45) is -0.950. The van der Waals surface area contributed by atoms with E-state index >= 15 is 0 Å². The highest BCUT2D eigenvalue weighted by Gasteiger charge is 2.18. The second kappa shape index (κ2) is 4.40. The van der Waals surface area contributed by atoms with Gasteiger partial charge in [-0.2, -0.15) is 0 Å². The molecule has 0 spiro atoms. The van der Waals surface area contributed by atoms with Crippen LogP contribution in [0.4, 0.5) is 0 Å². The van der Waals surface area contributed by atoms with Crippen LogP contribution in [0.15, 0.2) is 18.2 Å². The summed E-state index contributed by atoms with van der Waals surface area (Å²) in [4.78, 5) is 11.0. The highest BCUT2D eigenvalue weighted by molar-refractivity contribution is 5.74. The monoisotopic (exact) mass is 224 g/mol. The first kappa shape index (κ1) is 10.8. The number of hydrogen-bond donors (Lipinski definition) is 1. The van der Waals surface area contributed by atoms with Gasteiger partial charge in [0.15, 0.2) is 17.6 Å². The molecule has 1 N–H and O–H groups in total. The molecule has 5 nitrogen and oxygen atoms in total. The molecule has 0 bridgehead atoms. The van der Waals surface area contributed by atoms with E-state index in [1.54, 1.807) is 18.2 Å². The van der Waals surface area contributed by atoms with E-state index in [-0.39, 0.29) is 13.2 Å². The second-order valence-corrected chi connectivity index (χ2v) is 3.43. The standard InChI is InChI=1S/C11H12O5/c1-14-11(13)8(12)4-7-2-3-9-10(5-7)16-6-15-9/h2-3,5,8,12H,4,6H2,1H3/t8-/m1/s1. The lowest BCUT2D eigenvalue weighted by molar-refractivity contribution is -0.150. The summed E-state index contributed by atoms with van der Waals surface area (Å²) >= 11 is 0. The second-order valence-electron chi connectivity index (χ2n) is 3.43. The molecule has 0 saturated heterocycles. The normalized spacial score (nSPS) is 14.6. The third-order valence-electron chi connectivity index (χ3n) is 2.34. The summed E-state index contributed by atoms with van der Waals surface area (Å²) in [5.74, 6) is 0.670. The average Bonchev–Trinajstić information content (AvgIpc) is 2.75. The van der Waals surface area contributed by atoms with Gasteiger partial charge in [0.05, 0.1) is 7.11 Å². The first-order valence-corrected chi connectivity index (χ1v) is 4.85. The third kappa shape index (κ3) is 2.09. The molecule has 0 radical (unpaired) electrons. The molecular weight excluding hydrogens is 212 g/mol. The molecule has 5 heteroatoms. The molecule has 0 amide bonds. The summed E-state index contributed by atoms with van der Waals surface area (Å²) in [6.45, 7) is 0.207. The van der Waals surface area contributed by atoms with E-state index in [1.807, 2.05) is 0 Å². The smallest absolute Gasteiger partial charge is 0.335 e. The van der Waals surface area contributed by atoms with E-state index in [2.05, 4.69) is 4.74 Å². The van der Waals surface area contributed by atoms with Gasteiger partial charge in [0.2, 0.25) is 6.79 Å². The van der Waals surface area contributed by atoms with Crippen LogP contribution >= 0.6 is 0 Å². The van der Waals surface area contributed by atoms with Crippen molar-refractivity contribution in [1.29, 1.82) is 0 Å². The van der Waals surface area contributed by atoms with Crippen LogP contribution in [-0.2, 0) is 16.0 Å². The Morgan fingerprint density at radius 2 is 2.25 bits per heavy atom. The largest absolute Gasteiger partial charge is 0.467 e. The molecule has 16 heavy (non-hydrogen) atoms. The van der Waals surface area contributed by atoms with E-state index < -0.39 is 12.1 Å². The number of methoxy groups -OCH3 is 1. The molecule has 0 aromatic heterocycles. The van der Waals surface area contributed by atoms with Crippen molar-refractivity contribution in [3.05, 3.63) is 23.8 Å². The molecule has 0 saturated carbocycles. The van der Waals surface area contributed by atoms with Gasteiger partial charge >= 0.3 is 5.97 Å². The van der Waals surface area contributed by atoms with Gasteiger partial charge in [-0.05, 0) is 17.7 Å². The van der Waals surface area contributed by atoms with E-state index in [9.17, 15) is 9.90 Å². The van der Waals surface area contributed by atoms with Gasteiger partial charge in [0, 0.05) is 6.42 Å². The molecule has 1 aromatic carbocycles. The van der Waals surface area contributed by atoms with Crippen LogP contribution in [0.3, 0.4) is 0 Å². The fourth-order valence-electron chi connectivity index (χ4n) is 1.51. The molecule has 0 fully saturated rings. The number of fused-ring (bicyclic) bond motifs is 1. The fraction of sp³-hybridized carbons (Fsp3) is 0.364. The Morgan fingerprint density at radius 1 is 1.50 bits per heavy atom. The molecule has 1 aromatic rings. The van der Waals surface area contributed by atoms with Crippen LogP contribution in [0.5, 0.6) is 11.5 Å². The van der Waals surface area contributed by atoms with Crippen LogP contribution in [0.1, 0.15) is 5.56 Å². The minimum absolute atomic E-state index is 0.198.